The van der Waals surface area contributed by atoms with Crippen LogP contribution in [-0.2, 0) is 12.8 Å². The van der Waals surface area contributed by atoms with Crippen LogP contribution in [0.4, 0.5) is 0 Å². The van der Waals surface area contributed by atoms with Crippen LogP contribution in [0, 0.1) is 0 Å². The predicted octanol–water partition coefficient (Wildman–Crippen LogP) is 4.46. The fourth-order valence-electron chi connectivity index (χ4n) is 2.25. The zero-order valence-corrected chi connectivity index (χ0v) is 10.7. The molecule has 0 aliphatic heterocycles. The summed E-state index contributed by atoms with van der Waals surface area (Å²) in [6, 6.07) is 8.80. The molecule has 70 valence electrons. The van der Waals surface area contributed by atoms with Gasteiger partial charge >= 0.3 is 0 Å². The van der Waals surface area contributed by atoms with Gasteiger partial charge in [0.25, 0.3) is 0 Å². The molecule has 2 aromatic rings. The van der Waals surface area contributed by atoms with Crippen molar-refractivity contribution in [2.45, 2.75) is 12.8 Å². The smallest absolute Gasteiger partial charge is 0.0396 e. The summed E-state index contributed by atoms with van der Waals surface area (Å²) in [4.78, 5) is 0. The molecule has 1 aliphatic rings. The SMILES string of the molecule is Brc1cc2c3c(cccc3c1Br)CC2. The van der Waals surface area contributed by atoms with Gasteiger partial charge in [-0.1, -0.05) is 18.2 Å². The molecule has 2 aromatic carbocycles. The lowest BCUT2D eigenvalue weighted by Gasteiger charge is -2.05. The Morgan fingerprint density at radius 1 is 1.00 bits per heavy atom. The highest BCUT2D eigenvalue weighted by molar-refractivity contribution is 9.13. The number of rotatable bonds is 0. The van der Waals surface area contributed by atoms with Crippen molar-refractivity contribution in [3.63, 3.8) is 0 Å². The van der Waals surface area contributed by atoms with Crippen molar-refractivity contribution >= 4 is 42.6 Å². The van der Waals surface area contributed by atoms with Crippen LogP contribution in [0.1, 0.15) is 11.1 Å². The third-order valence-corrected chi connectivity index (χ3v) is 4.89. The minimum absolute atomic E-state index is 1.17. The van der Waals surface area contributed by atoms with Crippen LogP contribution in [0.5, 0.6) is 0 Å². The highest BCUT2D eigenvalue weighted by atomic mass is 79.9. The van der Waals surface area contributed by atoms with Gasteiger partial charge in [0, 0.05) is 8.95 Å². The van der Waals surface area contributed by atoms with Crippen LogP contribution in [0.25, 0.3) is 10.8 Å². The molecular weight excluding hydrogens is 304 g/mol. The van der Waals surface area contributed by atoms with E-state index in [9.17, 15) is 0 Å². The molecule has 0 spiro atoms. The number of benzene rings is 2. The lowest BCUT2D eigenvalue weighted by molar-refractivity contribution is 1.02. The van der Waals surface area contributed by atoms with E-state index in [1.807, 2.05) is 0 Å². The predicted molar refractivity (Wildman–Crippen MR) is 66.8 cm³/mol. The molecule has 0 saturated heterocycles. The van der Waals surface area contributed by atoms with E-state index in [0.29, 0.717) is 0 Å². The first-order valence-electron chi connectivity index (χ1n) is 4.66. The standard InChI is InChI=1S/C12H8Br2/c13-10-6-8-5-4-7-2-1-3-9(11(7)8)12(10)14/h1-3,6H,4-5H2. The Balaban J connectivity index is 2.57. The van der Waals surface area contributed by atoms with Crippen molar-refractivity contribution in [1.29, 1.82) is 0 Å². The van der Waals surface area contributed by atoms with Crippen molar-refractivity contribution in [3.8, 4) is 0 Å². The van der Waals surface area contributed by atoms with Crippen molar-refractivity contribution in [2.24, 2.45) is 0 Å². The summed E-state index contributed by atoms with van der Waals surface area (Å²) < 4.78 is 2.35. The van der Waals surface area contributed by atoms with Crippen LogP contribution >= 0.6 is 31.9 Å². The Morgan fingerprint density at radius 3 is 2.64 bits per heavy atom. The normalized spacial score (nSPS) is 13.9. The maximum absolute atomic E-state index is 3.63. The summed E-state index contributed by atoms with van der Waals surface area (Å²) in [5, 5.41) is 2.80. The number of halogens is 2. The van der Waals surface area contributed by atoms with E-state index in [-0.39, 0.29) is 0 Å². The molecule has 1 aliphatic carbocycles. The molecule has 0 heterocycles. The first kappa shape index (κ1) is 8.93. The number of hydrogen-bond donors (Lipinski definition) is 0. The Hall–Kier alpha value is -0.340. The van der Waals surface area contributed by atoms with E-state index in [0.717, 1.165) is 0 Å². The minimum atomic E-state index is 1.17. The van der Waals surface area contributed by atoms with Gasteiger partial charge in [0.15, 0.2) is 0 Å². The molecule has 0 atom stereocenters. The summed E-state index contributed by atoms with van der Waals surface area (Å²) in [5.41, 5.74) is 2.97. The summed E-state index contributed by atoms with van der Waals surface area (Å²) in [6.07, 6.45) is 2.37. The molecule has 0 bridgehead atoms. The largest absolute Gasteiger partial charge is 0.0613 e. The minimum Gasteiger partial charge on any atom is -0.0613 e. The van der Waals surface area contributed by atoms with Crippen molar-refractivity contribution in [3.05, 3.63) is 44.3 Å². The second-order valence-corrected chi connectivity index (χ2v) is 5.32. The highest BCUT2D eigenvalue weighted by Gasteiger charge is 2.16. The van der Waals surface area contributed by atoms with Gasteiger partial charge < -0.3 is 0 Å². The zero-order chi connectivity index (χ0) is 9.71. The van der Waals surface area contributed by atoms with Gasteiger partial charge in [-0.25, -0.2) is 0 Å². The van der Waals surface area contributed by atoms with Gasteiger partial charge in [0.1, 0.15) is 0 Å². The lowest BCUT2D eigenvalue weighted by atomic mass is 10.1. The number of aryl methyl sites for hydroxylation is 2. The maximum atomic E-state index is 3.63. The van der Waals surface area contributed by atoms with E-state index < -0.39 is 0 Å². The molecule has 2 heteroatoms. The first-order chi connectivity index (χ1) is 6.77. The van der Waals surface area contributed by atoms with Crippen molar-refractivity contribution in [2.75, 3.05) is 0 Å². The maximum Gasteiger partial charge on any atom is 0.0396 e. The summed E-state index contributed by atoms with van der Waals surface area (Å²) >= 11 is 7.21. The molecule has 0 nitrogen and oxygen atoms in total. The van der Waals surface area contributed by atoms with Crippen molar-refractivity contribution in [1.82, 2.24) is 0 Å². The zero-order valence-electron chi connectivity index (χ0n) is 7.48. The second-order valence-electron chi connectivity index (χ2n) is 3.67. The molecule has 0 aromatic heterocycles. The number of hydrogen-bond acceptors (Lipinski definition) is 0. The summed E-state index contributed by atoms with van der Waals surface area (Å²) in [5.74, 6) is 0. The fraction of sp³-hybridized carbons (Fsp3) is 0.167. The van der Waals surface area contributed by atoms with E-state index in [2.05, 4.69) is 56.1 Å². The molecule has 0 N–H and O–H groups in total. The average molecular weight is 312 g/mol. The molecule has 14 heavy (non-hydrogen) atoms. The molecule has 0 unspecified atom stereocenters. The van der Waals surface area contributed by atoms with Crippen LogP contribution in [0.3, 0.4) is 0 Å². The highest BCUT2D eigenvalue weighted by Crippen LogP contribution is 2.39. The third kappa shape index (κ3) is 1.10. The second kappa shape index (κ2) is 3.07. The third-order valence-electron chi connectivity index (χ3n) is 2.88. The van der Waals surface area contributed by atoms with E-state index in [1.54, 1.807) is 0 Å². The molecule has 0 fully saturated rings. The fourth-order valence-corrected chi connectivity index (χ4v) is 3.19. The van der Waals surface area contributed by atoms with Gasteiger partial charge in [-0.2, -0.15) is 0 Å². The monoisotopic (exact) mass is 310 g/mol. The van der Waals surface area contributed by atoms with Gasteiger partial charge in [0.2, 0.25) is 0 Å². The lowest BCUT2D eigenvalue weighted by Crippen LogP contribution is -1.81. The van der Waals surface area contributed by atoms with Gasteiger partial charge in [-0.3, -0.25) is 0 Å². The summed E-state index contributed by atoms with van der Waals surface area (Å²) in [7, 11) is 0. The van der Waals surface area contributed by atoms with Crippen LogP contribution < -0.4 is 0 Å². The Bertz CT molecular complexity index is 529. The van der Waals surface area contributed by atoms with Crippen LogP contribution in [0.15, 0.2) is 33.2 Å². The Kier molecular flexibility index (Phi) is 1.96. The topological polar surface area (TPSA) is 0 Å². The molecule has 0 saturated carbocycles. The van der Waals surface area contributed by atoms with Crippen LogP contribution in [-0.4, -0.2) is 0 Å². The van der Waals surface area contributed by atoms with Gasteiger partial charge in [-0.15, -0.1) is 0 Å². The summed E-state index contributed by atoms with van der Waals surface area (Å²) in [6.45, 7) is 0. The van der Waals surface area contributed by atoms with E-state index >= 15 is 0 Å². The Morgan fingerprint density at radius 2 is 1.79 bits per heavy atom. The first-order valence-corrected chi connectivity index (χ1v) is 6.24. The van der Waals surface area contributed by atoms with Gasteiger partial charge in [0.05, 0.1) is 0 Å². The molecule has 3 rings (SSSR count). The average Bonchev–Trinajstić information content (AvgIpc) is 2.59. The molecular formula is C12H8Br2. The van der Waals surface area contributed by atoms with Crippen molar-refractivity contribution < 1.29 is 0 Å². The van der Waals surface area contributed by atoms with Crippen LogP contribution in [0.2, 0.25) is 0 Å². The molecule has 0 amide bonds. The van der Waals surface area contributed by atoms with E-state index in [1.165, 1.54) is 43.7 Å². The van der Waals surface area contributed by atoms with E-state index in [4.69, 9.17) is 0 Å². The van der Waals surface area contributed by atoms with Gasteiger partial charge in [-0.05, 0) is 72.7 Å². The Labute approximate surface area is 99.6 Å². The quantitative estimate of drug-likeness (QED) is 0.673. The molecule has 0 radical (unpaired) electrons.